The molecule has 0 saturated heterocycles. The van der Waals surface area contributed by atoms with Gasteiger partial charge in [-0.25, -0.2) is 0 Å². The molecule has 0 atom stereocenters. The molecule has 19 heavy (non-hydrogen) atoms. The Hall–Kier alpha value is -1.22. The Labute approximate surface area is 119 Å². The average molecular weight is 258 g/mol. The van der Waals surface area contributed by atoms with Gasteiger partial charge in [-0.2, -0.15) is 0 Å². The Morgan fingerprint density at radius 2 is 1.68 bits per heavy atom. The predicted molar refractivity (Wildman–Crippen MR) is 87.4 cm³/mol. The van der Waals surface area contributed by atoms with Gasteiger partial charge in [-0.3, -0.25) is 10.3 Å². The zero-order valence-electron chi connectivity index (χ0n) is 12.6. The molecule has 0 amide bonds. The number of benzene rings is 1. The smallest absolute Gasteiger partial charge is 0.244 e. The second-order valence-corrected chi connectivity index (χ2v) is 4.90. The van der Waals surface area contributed by atoms with Crippen LogP contribution in [-0.4, -0.2) is 6.85 Å². The molecule has 0 aliphatic rings. The Morgan fingerprint density at radius 3 is 2.21 bits per heavy atom. The van der Waals surface area contributed by atoms with Gasteiger partial charge in [0.25, 0.3) is 0 Å². The molecule has 0 radical (unpaired) electrons. The number of allylic oxidation sites excluding steroid dienone is 1. The number of hydrazine groups is 1. The van der Waals surface area contributed by atoms with Crippen LogP contribution < -0.4 is 10.3 Å². The van der Waals surface area contributed by atoms with Crippen LogP contribution in [0, 0.1) is 0 Å². The molecule has 0 aromatic heterocycles. The molecule has 1 aromatic rings. The Balaban J connectivity index is 2.76. The average Bonchev–Trinajstić information content (AvgIpc) is 2.44. The highest BCUT2D eigenvalue weighted by atomic mass is 15.5. The number of nitrogens with zero attached hydrogens (tertiary/aromatic N) is 1. The van der Waals surface area contributed by atoms with Crippen LogP contribution >= 0.6 is 0 Å². The molecule has 0 bridgehead atoms. The fourth-order valence-corrected chi connectivity index (χ4v) is 2.17. The molecule has 0 saturated carbocycles. The lowest BCUT2D eigenvalue weighted by Gasteiger charge is -2.26. The van der Waals surface area contributed by atoms with Gasteiger partial charge in [0.15, 0.2) is 0 Å². The van der Waals surface area contributed by atoms with E-state index in [0.717, 1.165) is 6.42 Å². The van der Waals surface area contributed by atoms with Crippen LogP contribution in [0.15, 0.2) is 42.6 Å². The van der Waals surface area contributed by atoms with Crippen molar-refractivity contribution in [2.24, 2.45) is 0 Å². The van der Waals surface area contributed by atoms with Gasteiger partial charge >= 0.3 is 0 Å². The lowest BCUT2D eigenvalue weighted by molar-refractivity contribution is 0.878. The van der Waals surface area contributed by atoms with Crippen LogP contribution in [0.3, 0.4) is 0 Å². The van der Waals surface area contributed by atoms with Crippen LogP contribution in [-0.2, 0) is 0 Å². The molecule has 2 nitrogen and oxygen atoms in total. The molecule has 1 rings (SSSR count). The van der Waals surface area contributed by atoms with Crippen LogP contribution in [0.25, 0.3) is 0 Å². The quantitative estimate of drug-likeness (QED) is 0.508. The van der Waals surface area contributed by atoms with Crippen molar-refractivity contribution < 1.29 is 0 Å². The van der Waals surface area contributed by atoms with Crippen molar-refractivity contribution >= 4 is 12.5 Å². The van der Waals surface area contributed by atoms with Gasteiger partial charge in [-0.15, -0.1) is 0 Å². The first-order valence-corrected chi connectivity index (χ1v) is 7.58. The van der Waals surface area contributed by atoms with E-state index in [-0.39, 0.29) is 0 Å². The normalized spacial score (nSPS) is 10.9. The second-order valence-electron chi connectivity index (χ2n) is 4.90. The molecule has 0 unspecified atom stereocenters. The highest BCUT2D eigenvalue weighted by Crippen LogP contribution is 2.14. The predicted octanol–water partition coefficient (Wildman–Crippen LogP) is 4.73. The van der Waals surface area contributed by atoms with E-state index in [0.29, 0.717) is 6.85 Å². The lowest BCUT2D eigenvalue weighted by Crippen LogP contribution is -2.44. The molecule has 1 aromatic carbocycles. The van der Waals surface area contributed by atoms with Gasteiger partial charge in [0, 0.05) is 6.20 Å². The van der Waals surface area contributed by atoms with Gasteiger partial charge in [0.2, 0.25) is 6.85 Å². The van der Waals surface area contributed by atoms with Crippen molar-refractivity contribution in [3.63, 3.8) is 0 Å². The van der Waals surface area contributed by atoms with E-state index in [9.17, 15) is 0 Å². The third-order valence-corrected chi connectivity index (χ3v) is 3.12. The summed E-state index contributed by atoms with van der Waals surface area (Å²) in [5.74, 6) is 0. The van der Waals surface area contributed by atoms with Crippen molar-refractivity contribution in [1.29, 1.82) is 0 Å². The summed E-state index contributed by atoms with van der Waals surface area (Å²) in [5, 5.41) is 5.82. The Bertz CT molecular complexity index is 345. The second kappa shape index (κ2) is 9.68. The highest BCUT2D eigenvalue weighted by molar-refractivity contribution is 6.56. The number of nitrogens with one attached hydrogen (secondary N) is 1. The van der Waals surface area contributed by atoms with Crippen LogP contribution in [0.4, 0.5) is 5.69 Å². The summed E-state index contributed by atoms with van der Waals surface area (Å²) in [5.41, 5.74) is 1.20. The number of anilines is 1. The standard InChI is InChI=1S/C16H27BN2/c1-4-7-15-19(16-11-9-8-10-12-16)18-17(13-5-2)14-6-3/h7-12,15,18H,4-6,13-14H2,1-3H3/b15-7-. The third kappa shape index (κ3) is 5.97. The maximum Gasteiger partial charge on any atom is 0.244 e. The van der Waals surface area contributed by atoms with Gasteiger partial charge < -0.3 is 0 Å². The first-order chi connectivity index (χ1) is 9.31. The first-order valence-electron chi connectivity index (χ1n) is 7.58. The fraction of sp³-hybridized carbons (Fsp3) is 0.500. The van der Waals surface area contributed by atoms with Crippen molar-refractivity contribution in [3.05, 3.63) is 42.6 Å². The third-order valence-electron chi connectivity index (χ3n) is 3.12. The van der Waals surface area contributed by atoms with E-state index < -0.39 is 0 Å². The SMILES string of the molecule is CC/C=C\N(NB(CCC)CCC)c1ccccc1. The van der Waals surface area contributed by atoms with E-state index in [1.165, 1.54) is 31.2 Å². The van der Waals surface area contributed by atoms with Gasteiger partial charge in [0.1, 0.15) is 0 Å². The van der Waals surface area contributed by atoms with E-state index in [2.05, 4.69) is 73.7 Å². The molecule has 0 aliphatic heterocycles. The Kier molecular flexibility index (Phi) is 8.07. The molecule has 0 aliphatic carbocycles. The summed E-state index contributed by atoms with van der Waals surface area (Å²) in [6.45, 7) is 7.21. The molecule has 0 fully saturated rings. The molecule has 0 heterocycles. The van der Waals surface area contributed by atoms with Gasteiger partial charge in [-0.1, -0.05) is 70.5 Å². The number of hydrogen-bond acceptors (Lipinski definition) is 2. The molecule has 1 N–H and O–H groups in total. The maximum atomic E-state index is 3.65. The van der Waals surface area contributed by atoms with Crippen LogP contribution in [0.2, 0.25) is 12.6 Å². The molecule has 3 heteroatoms. The lowest BCUT2D eigenvalue weighted by atomic mass is 9.56. The largest absolute Gasteiger partial charge is 0.295 e. The van der Waals surface area contributed by atoms with E-state index in [1.54, 1.807) is 0 Å². The number of para-hydroxylation sites is 1. The topological polar surface area (TPSA) is 15.3 Å². The van der Waals surface area contributed by atoms with Gasteiger partial charge in [0.05, 0.1) is 5.69 Å². The molecule has 104 valence electrons. The van der Waals surface area contributed by atoms with E-state index in [1.807, 2.05) is 0 Å². The van der Waals surface area contributed by atoms with Crippen molar-refractivity contribution in [2.75, 3.05) is 5.01 Å². The zero-order chi connectivity index (χ0) is 13.9. The summed E-state index contributed by atoms with van der Waals surface area (Å²) < 4.78 is 0. The summed E-state index contributed by atoms with van der Waals surface area (Å²) >= 11 is 0. The number of rotatable bonds is 9. The number of hydrogen-bond donors (Lipinski definition) is 1. The summed E-state index contributed by atoms with van der Waals surface area (Å²) in [6, 6.07) is 10.5. The molecule has 0 spiro atoms. The Morgan fingerprint density at radius 1 is 1.05 bits per heavy atom. The minimum absolute atomic E-state index is 0.553. The van der Waals surface area contributed by atoms with Crippen LogP contribution in [0.5, 0.6) is 0 Å². The van der Waals surface area contributed by atoms with E-state index >= 15 is 0 Å². The van der Waals surface area contributed by atoms with Crippen molar-refractivity contribution in [2.45, 2.75) is 52.7 Å². The zero-order valence-corrected chi connectivity index (χ0v) is 12.6. The highest BCUT2D eigenvalue weighted by Gasteiger charge is 2.15. The summed E-state index contributed by atoms with van der Waals surface area (Å²) in [4.78, 5) is 0. The summed E-state index contributed by atoms with van der Waals surface area (Å²) in [7, 11) is 0. The van der Waals surface area contributed by atoms with Crippen molar-refractivity contribution in [3.8, 4) is 0 Å². The maximum absolute atomic E-state index is 3.65. The minimum Gasteiger partial charge on any atom is -0.295 e. The summed E-state index contributed by atoms with van der Waals surface area (Å²) in [6.07, 6.45) is 10.3. The van der Waals surface area contributed by atoms with Gasteiger partial charge in [-0.05, 0) is 18.6 Å². The van der Waals surface area contributed by atoms with Crippen LogP contribution in [0.1, 0.15) is 40.0 Å². The molecular weight excluding hydrogens is 231 g/mol. The van der Waals surface area contributed by atoms with Crippen molar-refractivity contribution in [1.82, 2.24) is 5.34 Å². The molecular formula is C16H27BN2. The monoisotopic (exact) mass is 258 g/mol. The van der Waals surface area contributed by atoms with E-state index in [4.69, 9.17) is 0 Å². The first kappa shape index (κ1) is 15.8. The minimum atomic E-state index is 0.553. The fourth-order valence-electron chi connectivity index (χ4n) is 2.17.